The average Bonchev–Trinajstić information content (AvgIpc) is 2.71. The molecule has 0 radical (unpaired) electrons. The number of aliphatic hydroxyl groups is 1. The molecule has 0 aliphatic heterocycles. The maximum absolute atomic E-state index is 10.0. The van der Waals surface area contributed by atoms with Crippen LogP contribution < -0.4 is 0 Å². The van der Waals surface area contributed by atoms with E-state index in [0.717, 1.165) is 18.4 Å². The Labute approximate surface area is 98.0 Å². The van der Waals surface area contributed by atoms with Gasteiger partial charge < -0.3 is 5.11 Å². The first-order valence-electron chi connectivity index (χ1n) is 4.90. The Balaban J connectivity index is 2.18. The van der Waals surface area contributed by atoms with E-state index in [2.05, 4.69) is 28.7 Å². The van der Waals surface area contributed by atoms with Gasteiger partial charge in [0.25, 0.3) is 0 Å². The van der Waals surface area contributed by atoms with Gasteiger partial charge in [-0.05, 0) is 65.1 Å². The molecule has 1 aromatic carbocycles. The van der Waals surface area contributed by atoms with Gasteiger partial charge in [-0.25, -0.2) is 0 Å². The summed E-state index contributed by atoms with van der Waals surface area (Å²) in [6.07, 6.45) is 5.15. The highest BCUT2D eigenvalue weighted by molar-refractivity contribution is 14.1. The second-order valence-corrected chi connectivity index (χ2v) is 4.87. The summed E-state index contributed by atoms with van der Waals surface area (Å²) in [5.74, 6) is 0. The van der Waals surface area contributed by atoms with Crippen molar-refractivity contribution in [2.45, 2.75) is 25.4 Å². The third kappa shape index (κ3) is 2.17. The second-order valence-electron chi connectivity index (χ2n) is 3.63. The summed E-state index contributed by atoms with van der Waals surface area (Å²) in [6, 6.07) is 8.08. The monoisotopic (exact) mass is 300 g/mol. The number of hydrogen-bond donors (Lipinski definition) is 1. The van der Waals surface area contributed by atoms with Gasteiger partial charge in [0.05, 0.1) is 0 Å². The highest BCUT2D eigenvalue weighted by Gasteiger charge is 2.15. The quantitative estimate of drug-likeness (QED) is 0.655. The van der Waals surface area contributed by atoms with Crippen LogP contribution in [0.1, 0.15) is 30.9 Å². The van der Waals surface area contributed by atoms with Crippen LogP contribution in [0.15, 0.2) is 35.9 Å². The van der Waals surface area contributed by atoms with Crippen molar-refractivity contribution in [2.75, 3.05) is 0 Å². The number of hydrogen-bond acceptors (Lipinski definition) is 1. The van der Waals surface area contributed by atoms with Gasteiger partial charge in [-0.2, -0.15) is 0 Å². The summed E-state index contributed by atoms with van der Waals surface area (Å²) in [4.78, 5) is 0. The van der Waals surface area contributed by atoms with Crippen LogP contribution in [0.5, 0.6) is 0 Å². The molecular weight excluding hydrogens is 287 g/mol. The molecule has 0 bridgehead atoms. The van der Waals surface area contributed by atoms with Gasteiger partial charge in [0, 0.05) is 3.57 Å². The fraction of sp³-hybridized carbons (Fsp3) is 0.333. The molecule has 1 atom stereocenters. The molecule has 2 heteroatoms. The molecule has 1 unspecified atom stereocenters. The summed E-state index contributed by atoms with van der Waals surface area (Å²) < 4.78 is 1.21. The number of rotatable bonds is 2. The maximum atomic E-state index is 10.0. The minimum Gasteiger partial charge on any atom is -0.384 e. The molecule has 0 aromatic heterocycles. The Hall–Kier alpha value is -0.350. The zero-order valence-electron chi connectivity index (χ0n) is 7.91. The molecule has 14 heavy (non-hydrogen) atoms. The molecule has 1 aliphatic carbocycles. The molecular formula is C12H13IO. The zero-order chi connectivity index (χ0) is 9.97. The average molecular weight is 300 g/mol. The Morgan fingerprint density at radius 1 is 1.21 bits per heavy atom. The highest BCUT2D eigenvalue weighted by Crippen LogP contribution is 2.30. The molecule has 0 spiro atoms. The standard InChI is InChI=1S/C12H13IO/c13-11-7-5-10(6-8-11)12(14)9-3-1-2-4-9/h3,5-8,12,14H,1-2,4H2. The van der Waals surface area contributed by atoms with Gasteiger partial charge in [0.1, 0.15) is 6.10 Å². The SMILES string of the molecule is OC(C1=CCCC1)c1ccc(I)cc1. The summed E-state index contributed by atoms with van der Waals surface area (Å²) in [7, 11) is 0. The Morgan fingerprint density at radius 2 is 1.93 bits per heavy atom. The van der Waals surface area contributed by atoms with Gasteiger partial charge in [-0.15, -0.1) is 0 Å². The van der Waals surface area contributed by atoms with E-state index in [4.69, 9.17) is 0 Å². The normalized spacial score (nSPS) is 18.0. The van der Waals surface area contributed by atoms with E-state index < -0.39 is 0 Å². The first kappa shape index (κ1) is 10.2. The van der Waals surface area contributed by atoms with Crippen LogP contribution in [0.3, 0.4) is 0 Å². The van der Waals surface area contributed by atoms with Crippen molar-refractivity contribution in [1.82, 2.24) is 0 Å². The Bertz CT molecular complexity index is 340. The maximum Gasteiger partial charge on any atom is 0.100 e. The molecule has 0 amide bonds. The first-order chi connectivity index (χ1) is 6.77. The molecule has 0 fully saturated rings. The van der Waals surface area contributed by atoms with Crippen LogP contribution >= 0.6 is 22.6 Å². The smallest absolute Gasteiger partial charge is 0.100 e. The van der Waals surface area contributed by atoms with Crippen molar-refractivity contribution >= 4 is 22.6 Å². The van der Waals surface area contributed by atoms with Gasteiger partial charge in [0.15, 0.2) is 0 Å². The lowest BCUT2D eigenvalue weighted by molar-refractivity contribution is 0.212. The van der Waals surface area contributed by atoms with Gasteiger partial charge in [0.2, 0.25) is 0 Å². The van der Waals surface area contributed by atoms with E-state index in [9.17, 15) is 5.11 Å². The largest absolute Gasteiger partial charge is 0.384 e. The molecule has 1 N–H and O–H groups in total. The molecule has 74 valence electrons. The third-order valence-corrected chi connectivity index (χ3v) is 3.33. The molecule has 1 aliphatic rings. The molecule has 2 rings (SSSR count). The molecule has 0 saturated heterocycles. The van der Waals surface area contributed by atoms with E-state index in [1.807, 2.05) is 24.3 Å². The predicted octanol–water partition coefficient (Wildman–Crippen LogP) is 3.43. The lowest BCUT2D eigenvalue weighted by Crippen LogP contribution is -1.99. The van der Waals surface area contributed by atoms with E-state index in [1.54, 1.807) is 0 Å². The van der Waals surface area contributed by atoms with Crippen LogP contribution in [-0.2, 0) is 0 Å². The topological polar surface area (TPSA) is 20.2 Å². The number of aliphatic hydroxyl groups excluding tert-OH is 1. The van der Waals surface area contributed by atoms with E-state index in [-0.39, 0.29) is 6.10 Å². The van der Waals surface area contributed by atoms with Crippen molar-refractivity contribution in [3.05, 3.63) is 45.0 Å². The van der Waals surface area contributed by atoms with Crippen molar-refractivity contribution in [3.8, 4) is 0 Å². The van der Waals surface area contributed by atoms with Gasteiger partial charge in [-0.3, -0.25) is 0 Å². The first-order valence-corrected chi connectivity index (χ1v) is 5.98. The second kappa shape index (κ2) is 4.45. The Kier molecular flexibility index (Phi) is 3.23. The number of allylic oxidation sites excluding steroid dienone is 1. The minimum atomic E-state index is -0.380. The van der Waals surface area contributed by atoms with Crippen molar-refractivity contribution in [2.24, 2.45) is 0 Å². The van der Waals surface area contributed by atoms with E-state index in [1.165, 1.54) is 15.6 Å². The third-order valence-electron chi connectivity index (χ3n) is 2.61. The van der Waals surface area contributed by atoms with Crippen LogP contribution in [0.25, 0.3) is 0 Å². The van der Waals surface area contributed by atoms with Crippen molar-refractivity contribution in [3.63, 3.8) is 0 Å². The molecule has 1 nitrogen and oxygen atoms in total. The molecule has 0 heterocycles. The highest BCUT2D eigenvalue weighted by atomic mass is 127. The van der Waals surface area contributed by atoms with Crippen LogP contribution in [0.2, 0.25) is 0 Å². The summed E-state index contributed by atoms with van der Waals surface area (Å²) >= 11 is 2.27. The lowest BCUT2D eigenvalue weighted by atomic mass is 10.0. The minimum absolute atomic E-state index is 0.380. The zero-order valence-corrected chi connectivity index (χ0v) is 10.1. The predicted molar refractivity (Wildman–Crippen MR) is 66.1 cm³/mol. The van der Waals surface area contributed by atoms with Crippen LogP contribution in [0.4, 0.5) is 0 Å². The fourth-order valence-electron chi connectivity index (χ4n) is 1.80. The van der Waals surface area contributed by atoms with Gasteiger partial charge in [-0.1, -0.05) is 18.2 Å². The summed E-state index contributed by atoms with van der Waals surface area (Å²) in [5.41, 5.74) is 2.20. The van der Waals surface area contributed by atoms with Crippen molar-refractivity contribution < 1.29 is 5.11 Å². The summed E-state index contributed by atoms with van der Waals surface area (Å²) in [6.45, 7) is 0. The lowest BCUT2D eigenvalue weighted by Gasteiger charge is -2.12. The summed E-state index contributed by atoms with van der Waals surface area (Å²) in [5, 5.41) is 10.0. The van der Waals surface area contributed by atoms with E-state index >= 15 is 0 Å². The van der Waals surface area contributed by atoms with Gasteiger partial charge >= 0.3 is 0 Å². The Morgan fingerprint density at radius 3 is 2.50 bits per heavy atom. The number of halogens is 1. The molecule has 1 aromatic rings. The van der Waals surface area contributed by atoms with Crippen LogP contribution in [-0.4, -0.2) is 5.11 Å². The van der Waals surface area contributed by atoms with E-state index in [0.29, 0.717) is 0 Å². The molecule has 0 saturated carbocycles. The fourth-order valence-corrected chi connectivity index (χ4v) is 2.16. The van der Waals surface area contributed by atoms with Crippen molar-refractivity contribution in [1.29, 1.82) is 0 Å². The van der Waals surface area contributed by atoms with Crippen LogP contribution in [0, 0.1) is 3.57 Å². The number of benzene rings is 1.